The Kier molecular flexibility index (Phi) is 5.73. The monoisotopic (exact) mass is 229 g/mol. The van der Waals surface area contributed by atoms with E-state index in [1.165, 1.54) is 0 Å². The van der Waals surface area contributed by atoms with Crippen molar-refractivity contribution in [3.8, 4) is 0 Å². The van der Waals surface area contributed by atoms with Gasteiger partial charge in [-0.2, -0.15) is 0 Å². The molecule has 94 valence electrons. The maximum absolute atomic E-state index is 11.3. The molecule has 3 N–H and O–H groups in total. The van der Waals surface area contributed by atoms with Gasteiger partial charge in [0.1, 0.15) is 0 Å². The molecule has 0 radical (unpaired) electrons. The van der Waals surface area contributed by atoms with Gasteiger partial charge in [-0.15, -0.1) is 0 Å². The summed E-state index contributed by atoms with van der Waals surface area (Å²) in [5, 5.41) is 15.8. The lowest BCUT2D eigenvalue weighted by molar-refractivity contribution is -0.124. The Balaban J connectivity index is 2.14. The molecular formula is C11H23N3O2. The predicted octanol–water partition coefficient (Wildman–Crippen LogP) is -0.975. The van der Waals surface area contributed by atoms with Gasteiger partial charge < -0.3 is 15.7 Å². The van der Waals surface area contributed by atoms with Gasteiger partial charge >= 0.3 is 0 Å². The van der Waals surface area contributed by atoms with Gasteiger partial charge in [-0.1, -0.05) is 13.8 Å². The number of aliphatic hydroxyl groups is 1. The normalized spacial score (nSPS) is 19.8. The summed E-state index contributed by atoms with van der Waals surface area (Å²) in [6.07, 6.45) is -0.471. The highest BCUT2D eigenvalue weighted by atomic mass is 16.3. The fourth-order valence-corrected chi connectivity index (χ4v) is 1.68. The lowest BCUT2D eigenvalue weighted by Gasteiger charge is -2.29. The highest BCUT2D eigenvalue weighted by molar-refractivity contribution is 5.77. The van der Waals surface area contributed by atoms with Crippen molar-refractivity contribution in [2.75, 3.05) is 39.3 Å². The summed E-state index contributed by atoms with van der Waals surface area (Å²) in [6, 6.07) is 0. The van der Waals surface area contributed by atoms with Gasteiger partial charge in [0.25, 0.3) is 0 Å². The number of hydrogen-bond donors (Lipinski definition) is 3. The molecule has 5 nitrogen and oxygen atoms in total. The molecule has 1 aliphatic heterocycles. The Bertz CT molecular complexity index is 215. The molecule has 1 rings (SSSR count). The maximum atomic E-state index is 11.3. The molecule has 5 heteroatoms. The Labute approximate surface area is 97.2 Å². The minimum atomic E-state index is -0.471. The minimum Gasteiger partial charge on any atom is -0.390 e. The van der Waals surface area contributed by atoms with Crippen molar-refractivity contribution < 1.29 is 9.90 Å². The molecule has 0 aliphatic carbocycles. The van der Waals surface area contributed by atoms with E-state index in [-0.39, 0.29) is 11.8 Å². The zero-order valence-corrected chi connectivity index (χ0v) is 10.2. The van der Waals surface area contributed by atoms with E-state index in [0.29, 0.717) is 13.1 Å². The summed E-state index contributed by atoms with van der Waals surface area (Å²) in [4.78, 5) is 13.5. The van der Waals surface area contributed by atoms with Gasteiger partial charge in [0.15, 0.2) is 0 Å². The second-order valence-electron chi connectivity index (χ2n) is 4.60. The van der Waals surface area contributed by atoms with E-state index in [4.69, 9.17) is 0 Å². The largest absolute Gasteiger partial charge is 0.390 e. The molecule has 16 heavy (non-hydrogen) atoms. The summed E-state index contributed by atoms with van der Waals surface area (Å²) in [5.41, 5.74) is 0. The van der Waals surface area contributed by atoms with Gasteiger partial charge in [0.05, 0.1) is 6.10 Å². The van der Waals surface area contributed by atoms with E-state index in [0.717, 1.165) is 26.2 Å². The summed E-state index contributed by atoms with van der Waals surface area (Å²) < 4.78 is 0. The lowest BCUT2D eigenvalue weighted by atomic mass is 10.2. The standard InChI is InChI=1S/C11H23N3O2/c1-9(2)11(16)13-7-10(15)8-14-5-3-12-4-6-14/h9-10,12,15H,3-8H2,1-2H3,(H,13,16). The van der Waals surface area contributed by atoms with Crippen LogP contribution < -0.4 is 10.6 Å². The third kappa shape index (κ3) is 4.92. The van der Waals surface area contributed by atoms with Gasteiger partial charge in [0, 0.05) is 45.2 Å². The summed E-state index contributed by atoms with van der Waals surface area (Å²) in [6.45, 7) is 8.57. The van der Waals surface area contributed by atoms with E-state index < -0.39 is 6.10 Å². The Morgan fingerprint density at radius 3 is 2.62 bits per heavy atom. The summed E-state index contributed by atoms with van der Waals surface area (Å²) in [7, 11) is 0. The third-order valence-corrected chi connectivity index (χ3v) is 2.71. The maximum Gasteiger partial charge on any atom is 0.222 e. The summed E-state index contributed by atoms with van der Waals surface area (Å²) >= 11 is 0. The second-order valence-corrected chi connectivity index (χ2v) is 4.60. The number of carbonyl (C=O) groups is 1. The van der Waals surface area contributed by atoms with E-state index in [2.05, 4.69) is 15.5 Å². The van der Waals surface area contributed by atoms with Crippen molar-refractivity contribution >= 4 is 5.91 Å². The number of hydrogen-bond acceptors (Lipinski definition) is 4. The fraction of sp³-hybridized carbons (Fsp3) is 0.909. The van der Waals surface area contributed by atoms with Crippen LogP contribution in [0.4, 0.5) is 0 Å². The first-order valence-electron chi connectivity index (χ1n) is 5.98. The third-order valence-electron chi connectivity index (χ3n) is 2.71. The van der Waals surface area contributed by atoms with Crippen LogP contribution in [0.15, 0.2) is 0 Å². The Morgan fingerprint density at radius 1 is 1.44 bits per heavy atom. The average molecular weight is 229 g/mol. The van der Waals surface area contributed by atoms with E-state index in [1.807, 2.05) is 13.8 Å². The molecular weight excluding hydrogens is 206 g/mol. The van der Waals surface area contributed by atoms with Crippen molar-refractivity contribution in [1.29, 1.82) is 0 Å². The first-order valence-corrected chi connectivity index (χ1v) is 5.98. The van der Waals surface area contributed by atoms with Crippen molar-refractivity contribution in [1.82, 2.24) is 15.5 Å². The van der Waals surface area contributed by atoms with Crippen LogP contribution in [0.25, 0.3) is 0 Å². The zero-order chi connectivity index (χ0) is 12.0. The number of β-amino-alcohol motifs (C(OH)–C–C–N with tert-alkyl or cyclic N) is 1. The smallest absolute Gasteiger partial charge is 0.222 e. The average Bonchev–Trinajstić information content (AvgIpc) is 2.27. The Hall–Kier alpha value is -0.650. The van der Waals surface area contributed by atoms with Crippen molar-refractivity contribution in [3.63, 3.8) is 0 Å². The van der Waals surface area contributed by atoms with Crippen molar-refractivity contribution in [3.05, 3.63) is 0 Å². The fourth-order valence-electron chi connectivity index (χ4n) is 1.68. The van der Waals surface area contributed by atoms with Gasteiger partial charge in [-0.25, -0.2) is 0 Å². The van der Waals surface area contributed by atoms with E-state index >= 15 is 0 Å². The minimum absolute atomic E-state index is 0.000592. The van der Waals surface area contributed by atoms with Crippen LogP contribution in [0.1, 0.15) is 13.8 Å². The van der Waals surface area contributed by atoms with E-state index in [9.17, 15) is 9.90 Å². The van der Waals surface area contributed by atoms with Crippen LogP contribution >= 0.6 is 0 Å². The molecule has 1 heterocycles. The van der Waals surface area contributed by atoms with Crippen LogP contribution in [0, 0.1) is 5.92 Å². The van der Waals surface area contributed by atoms with Gasteiger partial charge in [-0.05, 0) is 0 Å². The quantitative estimate of drug-likeness (QED) is 0.567. The number of rotatable bonds is 5. The van der Waals surface area contributed by atoms with Gasteiger partial charge in [-0.3, -0.25) is 9.69 Å². The van der Waals surface area contributed by atoms with E-state index in [1.54, 1.807) is 0 Å². The highest BCUT2D eigenvalue weighted by Crippen LogP contribution is 1.96. The number of nitrogens with zero attached hydrogens (tertiary/aromatic N) is 1. The summed E-state index contributed by atoms with van der Waals surface area (Å²) in [5.74, 6) is -0.0225. The SMILES string of the molecule is CC(C)C(=O)NCC(O)CN1CCNCC1. The predicted molar refractivity (Wildman–Crippen MR) is 63.2 cm³/mol. The second kappa shape index (κ2) is 6.83. The molecule has 0 bridgehead atoms. The molecule has 1 saturated heterocycles. The molecule has 0 saturated carbocycles. The topological polar surface area (TPSA) is 64.6 Å². The van der Waals surface area contributed by atoms with Crippen molar-refractivity contribution in [2.45, 2.75) is 20.0 Å². The number of carbonyl (C=O) groups excluding carboxylic acids is 1. The van der Waals surface area contributed by atoms with Crippen LogP contribution in [0.5, 0.6) is 0 Å². The number of piperazine rings is 1. The van der Waals surface area contributed by atoms with Gasteiger partial charge in [0.2, 0.25) is 5.91 Å². The molecule has 0 aromatic heterocycles. The molecule has 1 amide bonds. The highest BCUT2D eigenvalue weighted by Gasteiger charge is 2.15. The Morgan fingerprint density at radius 2 is 2.06 bits per heavy atom. The molecule has 0 aromatic carbocycles. The van der Waals surface area contributed by atoms with Crippen LogP contribution in [0.3, 0.4) is 0 Å². The molecule has 1 atom stereocenters. The van der Waals surface area contributed by atoms with Crippen LogP contribution in [-0.4, -0.2) is 61.3 Å². The first kappa shape index (κ1) is 13.4. The molecule has 0 aromatic rings. The van der Waals surface area contributed by atoms with Crippen molar-refractivity contribution in [2.24, 2.45) is 5.92 Å². The first-order chi connectivity index (χ1) is 7.59. The number of amides is 1. The molecule has 0 spiro atoms. The molecule has 1 aliphatic rings. The van der Waals surface area contributed by atoms with Crippen LogP contribution in [-0.2, 0) is 4.79 Å². The van der Waals surface area contributed by atoms with Crippen LogP contribution in [0.2, 0.25) is 0 Å². The zero-order valence-electron chi connectivity index (χ0n) is 10.2. The number of nitrogens with one attached hydrogen (secondary N) is 2. The number of aliphatic hydroxyl groups excluding tert-OH is 1. The molecule has 1 fully saturated rings. The molecule has 1 unspecified atom stereocenters. The lowest BCUT2D eigenvalue weighted by Crippen LogP contribution is -2.48.